The van der Waals surface area contributed by atoms with Gasteiger partial charge in [-0.05, 0) is 13.8 Å². The molecule has 0 aromatic rings. The summed E-state index contributed by atoms with van der Waals surface area (Å²) in [7, 11) is 1.42. The molecular formula is C12H21N3O3. The minimum atomic E-state index is -0.507. The van der Waals surface area contributed by atoms with E-state index in [1.165, 1.54) is 7.11 Å². The maximum Gasteiger partial charge on any atom is 0.317 e. The van der Waals surface area contributed by atoms with Gasteiger partial charge in [0.2, 0.25) is 0 Å². The summed E-state index contributed by atoms with van der Waals surface area (Å²) in [6.07, 6.45) is 0. The zero-order chi connectivity index (χ0) is 13.3. The minimum absolute atomic E-state index is 0.0341. The first kappa shape index (κ1) is 13.1. The lowest BCUT2D eigenvalue weighted by atomic mass is 9.92. The average molecular weight is 255 g/mol. The number of carbonyl (C=O) groups is 2. The molecule has 1 N–H and O–H groups in total. The molecular weight excluding hydrogens is 234 g/mol. The van der Waals surface area contributed by atoms with Crippen LogP contribution in [0.5, 0.6) is 0 Å². The predicted octanol–water partition coefficient (Wildman–Crippen LogP) is -0.105. The van der Waals surface area contributed by atoms with E-state index in [0.29, 0.717) is 13.1 Å². The number of esters is 1. The molecule has 2 heterocycles. The van der Waals surface area contributed by atoms with Crippen molar-refractivity contribution in [3.05, 3.63) is 0 Å². The highest BCUT2D eigenvalue weighted by atomic mass is 16.5. The minimum Gasteiger partial charge on any atom is -0.469 e. The summed E-state index contributed by atoms with van der Waals surface area (Å²) in [5, 5.41) is 2.85. The Bertz CT molecular complexity index is 356. The molecule has 18 heavy (non-hydrogen) atoms. The second-order valence-corrected chi connectivity index (χ2v) is 5.64. The van der Waals surface area contributed by atoms with E-state index in [2.05, 4.69) is 10.2 Å². The van der Waals surface area contributed by atoms with E-state index in [1.54, 1.807) is 0 Å². The number of hydrogen-bond donors (Lipinski definition) is 1. The van der Waals surface area contributed by atoms with Crippen molar-refractivity contribution in [1.82, 2.24) is 15.1 Å². The highest BCUT2D eigenvalue weighted by molar-refractivity contribution is 5.77. The zero-order valence-corrected chi connectivity index (χ0v) is 11.2. The van der Waals surface area contributed by atoms with Gasteiger partial charge in [-0.2, -0.15) is 0 Å². The van der Waals surface area contributed by atoms with Crippen molar-refractivity contribution < 1.29 is 14.3 Å². The van der Waals surface area contributed by atoms with Gasteiger partial charge in [0.25, 0.3) is 0 Å². The van der Waals surface area contributed by atoms with Gasteiger partial charge in [0.1, 0.15) is 0 Å². The molecule has 0 bridgehead atoms. The fraction of sp³-hybridized carbons (Fsp3) is 0.833. The van der Waals surface area contributed by atoms with E-state index < -0.39 is 5.41 Å². The topological polar surface area (TPSA) is 61.9 Å². The molecule has 2 aliphatic rings. The van der Waals surface area contributed by atoms with Gasteiger partial charge >= 0.3 is 12.0 Å². The fourth-order valence-corrected chi connectivity index (χ4v) is 2.71. The highest BCUT2D eigenvalue weighted by Crippen LogP contribution is 2.22. The third-order valence-electron chi connectivity index (χ3n) is 3.67. The monoisotopic (exact) mass is 255 g/mol. The lowest BCUT2D eigenvalue weighted by Gasteiger charge is -2.39. The first-order valence-corrected chi connectivity index (χ1v) is 6.29. The van der Waals surface area contributed by atoms with Gasteiger partial charge in [0.05, 0.1) is 18.6 Å². The van der Waals surface area contributed by atoms with Gasteiger partial charge in [-0.1, -0.05) is 0 Å². The maximum absolute atomic E-state index is 11.7. The zero-order valence-electron chi connectivity index (χ0n) is 11.2. The smallest absolute Gasteiger partial charge is 0.317 e. The lowest BCUT2D eigenvalue weighted by molar-refractivity contribution is -0.152. The Balaban J connectivity index is 1.93. The molecule has 2 saturated heterocycles. The Morgan fingerprint density at radius 1 is 1.50 bits per heavy atom. The number of rotatable bonds is 3. The van der Waals surface area contributed by atoms with Crippen molar-refractivity contribution in [2.75, 3.05) is 39.8 Å². The third kappa shape index (κ3) is 2.43. The first-order valence-electron chi connectivity index (χ1n) is 6.29. The lowest BCUT2D eigenvalue weighted by Crippen LogP contribution is -2.54. The van der Waals surface area contributed by atoms with Crippen molar-refractivity contribution in [3.8, 4) is 0 Å². The summed E-state index contributed by atoms with van der Waals surface area (Å²) in [6, 6.07) is 0.270. The number of ether oxygens (including phenoxy) is 1. The Hall–Kier alpha value is -1.30. The number of nitrogens with one attached hydrogen (secondary N) is 1. The normalized spacial score (nSPS) is 24.7. The summed E-state index contributed by atoms with van der Waals surface area (Å²) in [4.78, 5) is 27.2. The number of piperazine rings is 1. The van der Waals surface area contributed by atoms with Crippen molar-refractivity contribution in [2.24, 2.45) is 5.41 Å². The summed E-state index contributed by atoms with van der Waals surface area (Å²) < 4.78 is 4.82. The summed E-state index contributed by atoms with van der Waals surface area (Å²) in [5.41, 5.74) is -0.507. The number of amides is 2. The van der Waals surface area contributed by atoms with Gasteiger partial charge in [0.15, 0.2) is 0 Å². The maximum atomic E-state index is 11.7. The molecule has 0 spiro atoms. The number of nitrogens with zero attached hydrogens (tertiary/aromatic N) is 2. The molecule has 6 nitrogen and oxygen atoms in total. The van der Waals surface area contributed by atoms with Gasteiger partial charge < -0.3 is 15.0 Å². The standard InChI is InChI=1S/C12H21N3O3/c1-12(2,10(16)18-3)8-14-4-5-15-9(7-14)6-13-11(15)17/h9H,4-8H2,1-3H3,(H,13,17). The number of urea groups is 1. The molecule has 2 rings (SSSR count). The largest absolute Gasteiger partial charge is 0.469 e. The van der Waals surface area contributed by atoms with Crippen LogP contribution in [0.2, 0.25) is 0 Å². The Labute approximate surface area is 107 Å². The van der Waals surface area contributed by atoms with Crippen molar-refractivity contribution in [3.63, 3.8) is 0 Å². The van der Waals surface area contributed by atoms with Crippen LogP contribution in [0.15, 0.2) is 0 Å². The number of carbonyl (C=O) groups excluding carboxylic acids is 2. The molecule has 2 aliphatic heterocycles. The van der Waals surface area contributed by atoms with Crippen LogP contribution in [0.25, 0.3) is 0 Å². The van der Waals surface area contributed by atoms with Crippen LogP contribution >= 0.6 is 0 Å². The summed E-state index contributed by atoms with van der Waals surface area (Å²) in [5.74, 6) is -0.189. The Morgan fingerprint density at radius 2 is 2.22 bits per heavy atom. The summed E-state index contributed by atoms with van der Waals surface area (Å²) >= 11 is 0. The molecule has 2 amide bonds. The van der Waals surface area contributed by atoms with Crippen molar-refractivity contribution >= 4 is 12.0 Å². The van der Waals surface area contributed by atoms with Gasteiger partial charge in [-0.15, -0.1) is 0 Å². The molecule has 2 fully saturated rings. The molecule has 0 radical (unpaired) electrons. The van der Waals surface area contributed by atoms with Crippen LogP contribution in [0.1, 0.15) is 13.8 Å². The number of hydrogen-bond acceptors (Lipinski definition) is 4. The van der Waals surface area contributed by atoms with Crippen LogP contribution < -0.4 is 5.32 Å². The average Bonchev–Trinajstić information content (AvgIpc) is 2.69. The molecule has 1 unspecified atom stereocenters. The fourth-order valence-electron chi connectivity index (χ4n) is 2.71. The van der Waals surface area contributed by atoms with Crippen LogP contribution in [-0.2, 0) is 9.53 Å². The summed E-state index contributed by atoms with van der Waals surface area (Å²) in [6.45, 7) is 7.51. The highest BCUT2D eigenvalue weighted by Gasteiger charge is 2.38. The van der Waals surface area contributed by atoms with Crippen LogP contribution in [0.4, 0.5) is 4.79 Å². The molecule has 102 valence electrons. The van der Waals surface area contributed by atoms with Crippen LogP contribution in [-0.4, -0.2) is 67.7 Å². The van der Waals surface area contributed by atoms with E-state index in [0.717, 1.165) is 19.6 Å². The van der Waals surface area contributed by atoms with E-state index in [9.17, 15) is 9.59 Å². The Kier molecular flexibility index (Phi) is 3.47. The van der Waals surface area contributed by atoms with E-state index in [1.807, 2.05) is 18.7 Å². The molecule has 0 saturated carbocycles. The number of methoxy groups -OCH3 is 1. The molecule has 0 aromatic carbocycles. The molecule has 6 heteroatoms. The molecule has 0 aliphatic carbocycles. The molecule has 1 atom stereocenters. The number of fused-ring (bicyclic) bond motifs is 1. The second kappa shape index (κ2) is 4.76. The molecule has 0 aromatic heterocycles. The quantitative estimate of drug-likeness (QED) is 0.715. The van der Waals surface area contributed by atoms with Crippen LogP contribution in [0, 0.1) is 5.41 Å². The second-order valence-electron chi connectivity index (χ2n) is 5.64. The first-order chi connectivity index (χ1) is 8.44. The third-order valence-corrected chi connectivity index (χ3v) is 3.67. The van der Waals surface area contributed by atoms with Crippen molar-refractivity contribution in [1.29, 1.82) is 0 Å². The Morgan fingerprint density at radius 3 is 2.89 bits per heavy atom. The SMILES string of the molecule is COC(=O)C(C)(C)CN1CCN2C(=O)NCC2C1. The van der Waals surface area contributed by atoms with Gasteiger partial charge in [0, 0.05) is 32.7 Å². The van der Waals surface area contributed by atoms with Crippen LogP contribution in [0.3, 0.4) is 0 Å². The predicted molar refractivity (Wildman–Crippen MR) is 66.1 cm³/mol. The van der Waals surface area contributed by atoms with Gasteiger partial charge in [-0.3, -0.25) is 9.69 Å². The van der Waals surface area contributed by atoms with E-state index in [-0.39, 0.29) is 18.0 Å². The van der Waals surface area contributed by atoms with Crippen molar-refractivity contribution in [2.45, 2.75) is 19.9 Å². The van der Waals surface area contributed by atoms with Gasteiger partial charge in [-0.25, -0.2) is 4.79 Å². The van der Waals surface area contributed by atoms with E-state index >= 15 is 0 Å². The van der Waals surface area contributed by atoms with E-state index in [4.69, 9.17) is 4.74 Å².